The summed E-state index contributed by atoms with van der Waals surface area (Å²) in [4.78, 5) is 2.57. The third-order valence-corrected chi connectivity index (χ3v) is 3.26. The Labute approximate surface area is 82.5 Å². The topological polar surface area (TPSA) is 29.3 Å². The molecule has 2 nitrogen and oxygen atoms in total. The van der Waals surface area contributed by atoms with Gasteiger partial charge in [-0.3, -0.25) is 0 Å². The molecule has 0 aromatic rings. The molecule has 0 aromatic carbocycles. The number of nitrogens with zero attached hydrogens (tertiary/aromatic N) is 1. The molecule has 78 valence electrons. The normalized spacial score (nSPS) is 23.3. The zero-order valence-electron chi connectivity index (χ0n) is 9.13. The second-order valence-electron chi connectivity index (χ2n) is 4.49. The van der Waals surface area contributed by atoms with Gasteiger partial charge in [0.05, 0.1) is 0 Å². The van der Waals surface area contributed by atoms with Crippen LogP contribution in [0.1, 0.15) is 33.1 Å². The third-order valence-electron chi connectivity index (χ3n) is 3.26. The second kappa shape index (κ2) is 5.61. The van der Waals surface area contributed by atoms with Gasteiger partial charge in [0.1, 0.15) is 0 Å². The average molecular weight is 184 g/mol. The molecule has 1 aliphatic rings. The highest BCUT2D eigenvalue weighted by atomic mass is 15.1. The molecular formula is C11H24N2. The SMILES string of the molecule is CCC1CCN(CC(C)CN)CC1. The van der Waals surface area contributed by atoms with E-state index in [0.29, 0.717) is 5.92 Å². The van der Waals surface area contributed by atoms with Crippen LogP contribution >= 0.6 is 0 Å². The van der Waals surface area contributed by atoms with Gasteiger partial charge in [-0.05, 0) is 44.3 Å². The molecule has 0 spiro atoms. The Morgan fingerprint density at radius 2 is 2.00 bits per heavy atom. The van der Waals surface area contributed by atoms with Gasteiger partial charge in [-0.15, -0.1) is 0 Å². The Balaban J connectivity index is 2.17. The minimum absolute atomic E-state index is 0.665. The van der Waals surface area contributed by atoms with Gasteiger partial charge < -0.3 is 10.6 Å². The van der Waals surface area contributed by atoms with Crippen LogP contribution in [-0.4, -0.2) is 31.1 Å². The molecule has 1 heterocycles. The monoisotopic (exact) mass is 184 g/mol. The van der Waals surface area contributed by atoms with Crippen LogP contribution in [0.5, 0.6) is 0 Å². The lowest BCUT2D eigenvalue weighted by Gasteiger charge is -2.32. The smallest absolute Gasteiger partial charge is 0.00191 e. The van der Waals surface area contributed by atoms with Gasteiger partial charge in [0.25, 0.3) is 0 Å². The molecule has 1 fully saturated rings. The highest BCUT2D eigenvalue weighted by Crippen LogP contribution is 2.20. The molecule has 0 radical (unpaired) electrons. The van der Waals surface area contributed by atoms with E-state index >= 15 is 0 Å². The van der Waals surface area contributed by atoms with E-state index < -0.39 is 0 Å². The van der Waals surface area contributed by atoms with Gasteiger partial charge >= 0.3 is 0 Å². The minimum atomic E-state index is 0.665. The summed E-state index contributed by atoms with van der Waals surface area (Å²) in [6.07, 6.45) is 4.15. The van der Waals surface area contributed by atoms with Gasteiger partial charge in [-0.1, -0.05) is 20.3 Å². The van der Waals surface area contributed by atoms with Gasteiger partial charge in [0, 0.05) is 6.54 Å². The molecule has 1 aliphatic heterocycles. The molecule has 1 atom stereocenters. The van der Waals surface area contributed by atoms with E-state index in [9.17, 15) is 0 Å². The molecule has 0 aromatic heterocycles. The van der Waals surface area contributed by atoms with Gasteiger partial charge in [0.2, 0.25) is 0 Å². The molecule has 1 unspecified atom stereocenters. The Morgan fingerprint density at radius 3 is 2.46 bits per heavy atom. The van der Waals surface area contributed by atoms with Crippen molar-refractivity contribution in [1.82, 2.24) is 4.90 Å². The van der Waals surface area contributed by atoms with E-state index in [-0.39, 0.29) is 0 Å². The van der Waals surface area contributed by atoms with Crippen LogP contribution in [0, 0.1) is 11.8 Å². The van der Waals surface area contributed by atoms with Crippen molar-refractivity contribution in [3.63, 3.8) is 0 Å². The Bertz CT molecular complexity index is 128. The van der Waals surface area contributed by atoms with Crippen LogP contribution in [0.2, 0.25) is 0 Å². The van der Waals surface area contributed by atoms with Crippen LogP contribution in [0.15, 0.2) is 0 Å². The van der Waals surface area contributed by atoms with Gasteiger partial charge in [-0.2, -0.15) is 0 Å². The largest absolute Gasteiger partial charge is 0.330 e. The molecule has 0 saturated carbocycles. The summed E-state index contributed by atoms with van der Waals surface area (Å²) >= 11 is 0. The van der Waals surface area contributed by atoms with Gasteiger partial charge in [0.15, 0.2) is 0 Å². The molecule has 0 bridgehead atoms. The summed E-state index contributed by atoms with van der Waals surface area (Å²) in [6, 6.07) is 0. The Morgan fingerprint density at radius 1 is 1.38 bits per heavy atom. The van der Waals surface area contributed by atoms with Crippen molar-refractivity contribution in [2.75, 3.05) is 26.2 Å². The first-order valence-corrected chi connectivity index (χ1v) is 5.68. The average Bonchev–Trinajstić information content (AvgIpc) is 2.19. The molecule has 0 aliphatic carbocycles. The summed E-state index contributed by atoms with van der Waals surface area (Å²) in [5.41, 5.74) is 5.62. The molecule has 1 saturated heterocycles. The number of piperidine rings is 1. The van der Waals surface area contributed by atoms with Crippen LogP contribution in [0.25, 0.3) is 0 Å². The Hall–Kier alpha value is -0.0800. The van der Waals surface area contributed by atoms with Crippen LogP contribution < -0.4 is 5.73 Å². The molecule has 13 heavy (non-hydrogen) atoms. The predicted octanol–water partition coefficient (Wildman–Crippen LogP) is 1.70. The fourth-order valence-corrected chi connectivity index (χ4v) is 2.09. The number of hydrogen-bond acceptors (Lipinski definition) is 2. The van der Waals surface area contributed by atoms with Gasteiger partial charge in [-0.25, -0.2) is 0 Å². The summed E-state index contributed by atoms with van der Waals surface area (Å²) < 4.78 is 0. The minimum Gasteiger partial charge on any atom is -0.330 e. The fourth-order valence-electron chi connectivity index (χ4n) is 2.09. The van der Waals surface area contributed by atoms with E-state index in [1.54, 1.807) is 0 Å². The molecule has 1 rings (SSSR count). The number of hydrogen-bond donors (Lipinski definition) is 1. The van der Waals surface area contributed by atoms with E-state index in [2.05, 4.69) is 18.7 Å². The Kier molecular flexibility index (Phi) is 4.74. The van der Waals surface area contributed by atoms with Crippen molar-refractivity contribution in [2.45, 2.75) is 33.1 Å². The maximum absolute atomic E-state index is 5.62. The molecule has 2 heteroatoms. The summed E-state index contributed by atoms with van der Waals surface area (Å²) in [5.74, 6) is 1.66. The van der Waals surface area contributed by atoms with Crippen molar-refractivity contribution in [2.24, 2.45) is 17.6 Å². The van der Waals surface area contributed by atoms with Crippen LogP contribution in [0.4, 0.5) is 0 Å². The fraction of sp³-hybridized carbons (Fsp3) is 1.00. The highest BCUT2D eigenvalue weighted by Gasteiger charge is 2.18. The maximum atomic E-state index is 5.62. The summed E-state index contributed by atoms with van der Waals surface area (Å²) in [5, 5.41) is 0. The predicted molar refractivity (Wildman–Crippen MR) is 57.7 cm³/mol. The quantitative estimate of drug-likeness (QED) is 0.720. The first-order valence-electron chi connectivity index (χ1n) is 5.68. The summed E-state index contributed by atoms with van der Waals surface area (Å²) in [6.45, 7) is 9.17. The van der Waals surface area contributed by atoms with Crippen LogP contribution in [-0.2, 0) is 0 Å². The lowest BCUT2D eigenvalue weighted by Crippen LogP contribution is -2.38. The van der Waals surface area contributed by atoms with E-state index in [1.165, 1.54) is 38.9 Å². The standard InChI is InChI=1S/C11H24N2/c1-3-11-4-6-13(7-5-11)9-10(2)8-12/h10-11H,3-9,12H2,1-2H3. The first kappa shape index (κ1) is 11.0. The van der Waals surface area contributed by atoms with E-state index in [0.717, 1.165) is 12.5 Å². The lowest BCUT2D eigenvalue weighted by atomic mass is 9.94. The lowest BCUT2D eigenvalue weighted by molar-refractivity contribution is 0.163. The van der Waals surface area contributed by atoms with Crippen molar-refractivity contribution in [3.8, 4) is 0 Å². The zero-order chi connectivity index (χ0) is 9.68. The maximum Gasteiger partial charge on any atom is 0.00191 e. The van der Waals surface area contributed by atoms with Crippen molar-refractivity contribution in [1.29, 1.82) is 0 Å². The number of rotatable bonds is 4. The molecule has 2 N–H and O–H groups in total. The third kappa shape index (κ3) is 3.65. The van der Waals surface area contributed by atoms with Crippen molar-refractivity contribution >= 4 is 0 Å². The molecule has 0 amide bonds. The summed E-state index contributed by atoms with van der Waals surface area (Å²) in [7, 11) is 0. The van der Waals surface area contributed by atoms with E-state index in [4.69, 9.17) is 5.73 Å². The number of likely N-dealkylation sites (tertiary alicyclic amines) is 1. The second-order valence-corrected chi connectivity index (χ2v) is 4.49. The highest BCUT2D eigenvalue weighted by molar-refractivity contribution is 4.72. The zero-order valence-corrected chi connectivity index (χ0v) is 9.13. The number of nitrogens with two attached hydrogens (primary N) is 1. The van der Waals surface area contributed by atoms with E-state index in [1.807, 2.05) is 0 Å². The first-order chi connectivity index (χ1) is 6.26. The van der Waals surface area contributed by atoms with Crippen molar-refractivity contribution < 1.29 is 0 Å². The van der Waals surface area contributed by atoms with Crippen LogP contribution in [0.3, 0.4) is 0 Å². The molecular weight excluding hydrogens is 160 g/mol. The van der Waals surface area contributed by atoms with Crippen molar-refractivity contribution in [3.05, 3.63) is 0 Å².